The van der Waals surface area contributed by atoms with Gasteiger partial charge in [-0.05, 0) is 12.8 Å². The van der Waals surface area contributed by atoms with E-state index in [1.54, 1.807) is 0 Å². The van der Waals surface area contributed by atoms with Gasteiger partial charge in [-0.3, -0.25) is 0 Å². The molecule has 1 aromatic rings. The molecule has 1 saturated heterocycles. The molecule has 6 heteroatoms. The molecular weight excluding hydrogens is 262 g/mol. The smallest absolute Gasteiger partial charge is 0.228 e. The van der Waals surface area contributed by atoms with E-state index in [1.165, 1.54) is 25.7 Å². The molecule has 1 aliphatic heterocycles. The van der Waals surface area contributed by atoms with E-state index in [0.717, 1.165) is 48.9 Å². The molecule has 19 heavy (non-hydrogen) atoms. The van der Waals surface area contributed by atoms with Crippen LogP contribution in [0.15, 0.2) is 4.52 Å². The highest BCUT2D eigenvalue weighted by molar-refractivity contribution is 7.99. The van der Waals surface area contributed by atoms with Crippen LogP contribution in [0.2, 0.25) is 0 Å². The monoisotopic (exact) mass is 283 g/mol. The van der Waals surface area contributed by atoms with E-state index in [1.807, 2.05) is 11.8 Å². The molecule has 0 bridgehead atoms. The van der Waals surface area contributed by atoms with Crippen molar-refractivity contribution in [2.75, 3.05) is 19.8 Å². The van der Waals surface area contributed by atoms with Crippen molar-refractivity contribution in [3.8, 4) is 0 Å². The maximum absolute atomic E-state index is 5.42. The molecule has 0 spiro atoms. The average molecular weight is 283 g/mol. The van der Waals surface area contributed by atoms with Crippen LogP contribution in [0.1, 0.15) is 37.4 Å². The van der Waals surface area contributed by atoms with Crippen LogP contribution in [-0.2, 0) is 16.9 Å². The number of hydrogen-bond acceptors (Lipinski definition) is 6. The first kappa shape index (κ1) is 13.4. The lowest BCUT2D eigenvalue weighted by molar-refractivity contribution is 0.0744. The predicted molar refractivity (Wildman–Crippen MR) is 74.2 cm³/mol. The minimum atomic E-state index is 0.310. The van der Waals surface area contributed by atoms with Crippen molar-refractivity contribution in [1.82, 2.24) is 15.5 Å². The molecule has 106 valence electrons. The van der Waals surface area contributed by atoms with Crippen LogP contribution in [-0.4, -0.2) is 41.2 Å². The molecule has 1 atom stereocenters. The van der Waals surface area contributed by atoms with Crippen molar-refractivity contribution < 1.29 is 9.26 Å². The molecule has 2 fully saturated rings. The van der Waals surface area contributed by atoms with Gasteiger partial charge < -0.3 is 14.6 Å². The van der Waals surface area contributed by atoms with E-state index < -0.39 is 0 Å². The summed E-state index contributed by atoms with van der Waals surface area (Å²) in [4.78, 5) is 4.47. The number of ether oxygens (including phenoxy) is 1. The second-order valence-electron chi connectivity index (χ2n) is 5.25. The number of nitrogens with one attached hydrogen (secondary N) is 1. The van der Waals surface area contributed by atoms with Gasteiger partial charge in [0.05, 0.1) is 19.0 Å². The summed E-state index contributed by atoms with van der Waals surface area (Å²) in [5.41, 5.74) is 0. The summed E-state index contributed by atoms with van der Waals surface area (Å²) < 4.78 is 10.7. The van der Waals surface area contributed by atoms with Crippen molar-refractivity contribution in [2.45, 2.75) is 49.1 Å². The SMILES string of the molecule is C1CCC(SCc2noc(CC3COCCN3)n2)C1. The van der Waals surface area contributed by atoms with Gasteiger partial charge in [0.1, 0.15) is 0 Å². The zero-order valence-corrected chi connectivity index (χ0v) is 12.0. The highest BCUT2D eigenvalue weighted by Crippen LogP contribution is 2.30. The molecule has 1 aromatic heterocycles. The first-order valence-electron chi connectivity index (χ1n) is 7.14. The highest BCUT2D eigenvalue weighted by Gasteiger charge is 2.19. The molecule has 1 N–H and O–H groups in total. The van der Waals surface area contributed by atoms with Crippen molar-refractivity contribution in [2.24, 2.45) is 0 Å². The second-order valence-corrected chi connectivity index (χ2v) is 6.54. The minimum absolute atomic E-state index is 0.310. The van der Waals surface area contributed by atoms with Gasteiger partial charge in [0.15, 0.2) is 5.82 Å². The fourth-order valence-electron chi connectivity index (χ4n) is 2.64. The van der Waals surface area contributed by atoms with Gasteiger partial charge in [-0.15, -0.1) is 0 Å². The van der Waals surface area contributed by atoms with E-state index in [0.29, 0.717) is 6.04 Å². The fourth-order valence-corrected chi connectivity index (χ4v) is 3.81. The first-order valence-corrected chi connectivity index (χ1v) is 8.19. The molecular formula is C13H21N3O2S. The molecule has 0 radical (unpaired) electrons. The molecule has 1 aliphatic carbocycles. The topological polar surface area (TPSA) is 60.2 Å². The Morgan fingerprint density at radius 1 is 1.32 bits per heavy atom. The minimum Gasteiger partial charge on any atom is -0.378 e. The third-order valence-corrected chi connectivity index (χ3v) is 5.05. The van der Waals surface area contributed by atoms with Gasteiger partial charge in [-0.25, -0.2) is 0 Å². The van der Waals surface area contributed by atoms with Gasteiger partial charge in [0.2, 0.25) is 5.89 Å². The Bertz CT molecular complexity index is 387. The number of morpholine rings is 1. The quantitative estimate of drug-likeness (QED) is 0.889. The van der Waals surface area contributed by atoms with E-state index >= 15 is 0 Å². The van der Waals surface area contributed by atoms with Crippen molar-refractivity contribution in [1.29, 1.82) is 0 Å². The molecule has 0 amide bonds. The number of hydrogen-bond donors (Lipinski definition) is 1. The number of nitrogens with zero attached hydrogens (tertiary/aromatic N) is 2. The van der Waals surface area contributed by atoms with Crippen LogP contribution in [0.3, 0.4) is 0 Å². The summed E-state index contributed by atoms with van der Waals surface area (Å²) in [5.74, 6) is 2.44. The highest BCUT2D eigenvalue weighted by atomic mass is 32.2. The van der Waals surface area contributed by atoms with Gasteiger partial charge in [-0.1, -0.05) is 18.0 Å². The third kappa shape index (κ3) is 3.94. The fraction of sp³-hybridized carbons (Fsp3) is 0.846. The number of thioether (sulfide) groups is 1. The van der Waals surface area contributed by atoms with E-state index in [-0.39, 0.29) is 0 Å². The summed E-state index contributed by atoms with van der Waals surface area (Å²) in [6.07, 6.45) is 6.21. The third-order valence-electron chi connectivity index (χ3n) is 3.68. The predicted octanol–water partition coefficient (Wildman–Crippen LogP) is 1.78. The lowest BCUT2D eigenvalue weighted by atomic mass is 10.2. The Kier molecular flexibility index (Phi) is 4.74. The largest absolute Gasteiger partial charge is 0.378 e. The molecule has 1 saturated carbocycles. The summed E-state index contributed by atoms with van der Waals surface area (Å²) in [6.45, 7) is 2.43. The standard InChI is InChI=1S/C13H21N3O2S/c1-2-4-11(3-1)19-9-12-15-13(18-16-12)7-10-8-17-6-5-14-10/h10-11,14H,1-9H2. The van der Waals surface area contributed by atoms with Crippen LogP contribution in [0, 0.1) is 0 Å². The Hall–Kier alpha value is -0.590. The lowest BCUT2D eigenvalue weighted by Gasteiger charge is -2.22. The van der Waals surface area contributed by atoms with Gasteiger partial charge in [0, 0.05) is 24.3 Å². The van der Waals surface area contributed by atoms with Crippen molar-refractivity contribution >= 4 is 11.8 Å². The molecule has 1 unspecified atom stereocenters. The maximum Gasteiger partial charge on any atom is 0.228 e. The first-order chi connectivity index (χ1) is 9.40. The van der Waals surface area contributed by atoms with Gasteiger partial charge in [-0.2, -0.15) is 16.7 Å². The maximum atomic E-state index is 5.42. The number of aromatic nitrogens is 2. The Morgan fingerprint density at radius 3 is 3.00 bits per heavy atom. The lowest BCUT2D eigenvalue weighted by Crippen LogP contribution is -2.42. The summed E-state index contributed by atoms with van der Waals surface area (Å²) in [6, 6.07) is 0.310. The molecule has 5 nitrogen and oxygen atoms in total. The summed E-state index contributed by atoms with van der Waals surface area (Å²) in [7, 11) is 0. The Balaban J connectivity index is 1.45. The number of rotatable bonds is 5. The molecule has 2 heterocycles. The summed E-state index contributed by atoms with van der Waals surface area (Å²) in [5, 5.41) is 8.26. The van der Waals surface area contributed by atoms with Crippen molar-refractivity contribution in [3.05, 3.63) is 11.7 Å². The Labute approximate surface area is 117 Å². The van der Waals surface area contributed by atoms with Gasteiger partial charge >= 0.3 is 0 Å². The van der Waals surface area contributed by atoms with Crippen LogP contribution in [0.4, 0.5) is 0 Å². The van der Waals surface area contributed by atoms with Gasteiger partial charge in [0.25, 0.3) is 0 Å². The zero-order valence-electron chi connectivity index (χ0n) is 11.1. The van der Waals surface area contributed by atoms with E-state index in [2.05, 4.69) is 15.5 Å². The van der Waals surface area contributed by atoms with Crippen molar-refractivity contribution in [3.63, 3.8) is 0 Å². The second kappa shape index (κ2) is 6.72. The van der Waals surface area contributed by atoms with E-state index in [9.17, 15) is 0 Å². The Morgan fingerprint density at radius 2 is 2.21 bits per heavy atom. The van der Waals surface area contributed by atoms with Crippen LogP contribution >= 0.6 is 11.8 Å². The normalized spacial score (nSPS) is 24.9. The van der Waals surface area contributed by atoms with Crippen LogP contribution in [0.5, 0.6) is 0 Å². The van der Waals surface area contributed by atoms with Crippen LogP contribution < -0.4 is 5.32 Å². The molecule has 2 aliphatic rings. The molecule has 3 rings (SSSR count). The molecule has 0 aromatic carbocycles. The summed E-state index contributed by atoms with van der Waals surface area (Å²) >= 11 is 1.97. The zero-order chi connectivity index (χ0) is 12.9. The van der Waals surface area contributed by atoms with Crippen LogP contribution in [0.25, 0.3) is 0 Å². The van der Waals surface area contributed by atoms with E-state index in [4.69, 9.17) is 9.26 Å². The average Bonchev–Trinajstić information content (AvgIpc) is 3.09.